The van der Waals surface area contributed by atoms with Gasteiger partial charge in [-0.3, -0.25) is 14.5 Å². The van der Waals surface area contributed by atoms with Crippen molar-refractivity contribution in [1.29, 1.82) is 0 Å². The molecule has 0 radical (unpaired) electrons. The van der Waals surface area contributed by atoms with Crippen LogP contribution in [0.25, 0.3) is 0 Å². The minimum absolute atomic E-state index is 0.213. The zero-order chi connectivity index (χ0) is 19.3. The Morgan fingerprint density at radius 2 is 2.08 bits per heavy atom. The van der Waals surface area contributed by atoms with E-state index in [0.29, 0.717) is 17.1 Å². The molecule has 1 aromatic rings. The van der Waals surface area contributed by atoms with Crippen molar-refractivity contribution in [2.45, 2.75) is 25.5 Å². The van der Waals surface area contributed by atoms with Gasteiger partial charge in [0.1, 0.15) is 0 Å². The fourth-order valence-electron chi connectivity index (χ4n) is 2.53. The lowest BCUT2D eigenvalue weighted by Gasteiger charge is -2.21. The zero-order valence-electron chi connectivity index (χ0n) is 14.0. The lowest BCUT2D eigenvalue weighted by molar-refractivity contribution is -0.157. The second-order valence-electron chi connectivity index (χ2n) is 5.64. The highest BCUT2D eigenvalue weighted by Crippen LogP contribution is 2.25. The quantitative estimate of drug-likeness (QED) is 0.630. The number of nitrogens with two attached hydrogens (primary N) is 1. The number of nitrogens with zero attached hydrogens (tertiary/aromatic N) is 1. The molecule has 140 valence electrons. The molecule has 0 spiro atoms. The van der Waals surface area contributed by atoms with E-state index in [1.807, 2.05) is 0 Å². The van der Waals surface area contributed by atoms with Crippen LogP contribution in [0.4, 0.5) is 9.59 Å². The number of hydrogen-bond donors (Lipinski definition) is 3. The number of imide groups is 1. The Kier molecular flexibility index (Phi) is 6.40. The van der Waals surface area contributed by atoms with Crippen LogP contribution in [0.5, 0.6) is 0 Å². The van der Waals surface area contributed by atoms with Crippen LogP contribution in [0.1, 0.15) is 24.9 Å². The van der Waals surface area contributed by atoms with E-state index in [4.69, 9.17) is 22.1 Å². The maximum atomic E-state index is 12.2. The van der Waals surface area contributed by atoms with Gasteiger partial charge in [-0.25, -0.2) is 9.59 Å². The number of nitrogens with one attached hydrogen (secondary N) is 2. The van der Waals surface area contributed by atoms with Crippen LogP contribution in [-0.2, 0) is 14.3 Å². The summed E-state index contributed by atoms with van der Waals surface area (Å²) in [5.41, 5.74) is 5.64. The number of primary amides is 1. The number of hydrogen-bond acceptors (Lipinski definition) is 5. The van der Waals surface area contributed by atoms with Gasteiger partial charge in [-0.15, -0.1) is 0 Å². The molecule has 1 fully saturated rings. The number of benzene rings is 1. The fourth-order valence-corrected chi connectivity index (χ4v) is 2.80. The summed E-state index contributed by atoms with van der Waals surface area (Å²) < 4.78 is 5.10. The van der Waals surface area contributed by atoms with Crippen molar-refractivity contribution >= 4 is 35.5 Å². The Morgan fingerprint density at radius 1 is 1.38 bits per heavy atom. The van der Waals surface area contributed by atoms with Crippen LogP contribution in [0.2, 0.25) is 5.02 Å². The second kappa shape index (κ2) is 8.52. The summed E-state index contributed by atoms with van der Waals surface area (Å²) in [6.45, 7) is 1.94. The van der Waals surface area contributed by atoms with Gasteiger partial charge < -0.3 is 21.1 Å². The molecule has 0 bridgehead atoms. The molecule has 1 aliphatic rings. The highest BCUT2D eigenvalue weighted by molar-refractivity contribution is 6.31. The standard InChI is InChI=1S/C16H19ClN4O5/c1-9(14(23)21-7-6-19-16(21)25)26-13(22)8-12(20-15(18)24)10-4-2-3-5-11(10)17/h2-5,9,12H,6-8H2,1H3,(H,19,25)(H3,18,20,24)/t9-,12-/m1/s1. The summed E-state index contributed by atoms with van der Waals surface area (Å²) in [4.78, 5) is 48.1. The van der Waals surface area contributed by atoms with E-state index in [1.54, 1.807) is 24.3 Å². The minimum Gasteiger partial charge on any atom is -0.452 e. The van der Waals surface area contributed by atoms with Gasteiger partial charge in [-0.1, -0.05) is 29.8 Å². The van der Waals surface area contributed by atoms with Crippen molar-refractivity contribution in [2.24, 2.45) is 5.73 Å². The van der Waals surface area contributed by atoms with Crippen LogP contribution in [0.3, 0.4) is 0 Å². The number of rotatable bonds is 6. The van der Waals surface area contributed by atoms with Crippen molar-refractivity contribution < 1.29 is 23.9 Å². The summed E-state index contributed by atoms with van der Waals surface area (Å²) >= 11 is 6.09. The number of urea groups is 2. The number of esters is 1. The molecular weight excluding hydrogens is 364 g/mol. The summed E-state index contributed by atoms with van der Waals surface area (Å²) in [6, 6.07) is 4.47. The molecule has 0 unspecified atom stereocenters. The maximum Gasteiger partial charge on any atom is 0.324 e. The van der Waals surface area contributed by atoms with Crippen LogP contribution < -0.4 is 16.4 Å². The van der Waals surface area contributed by atoms with Crippen molar-refractivity contribution in [3.05, 3.63) is 34.9 Å². The predicted octanol–water partition coefficient (Wildman–Crippen LogP) is 0.923. The SMILES string of the molecule is C[C@@H](OC(=O)C[C@@H](NC(N)=O)c1ccccc1Cl)C(=O)N1CCNC1=O. The molecule has 4 N–H and O–H groups in total. The van der Waals surface area contributed by atoms with Gasteiger partial charge in [0.2, 0.25) is 0 Å². The molecule has 5 amide bonds. The molecule has 26 heavy (non-hydrogen) atoms. The first-order valence-corrected chi connectivity index (χ1v) is 8.26. The van der Waals surface area contributed by atoms with Crippen LogP contribution >= 0.6 is 11.6 Å². The highest BCUT2D eigenvalue weighted by Gasteiger charge is 2.32. The van der Waals surface area contributed by atoms with E-state index in [9.17, 15) is 19.2 Å². The van der Waals surface area contributed by atoms with Crippen LogP contribution in [0, 0.1) is 0 Å². The average Bonchev–Trinajstić information content (AvgIpc) is 2.99. The van der Waals surface area contributed by atoms with Gasteiger partial charge in [0, 0.05) is 18.1 Å². The molecule has 10 heteroatoms. The number of halogens is 1. The van der Waals surface area contributed by atoms with E-state index in [2.05, 4.69) is 10.6 Å². The fraction of sp³-hybridized carbons (Fsp3) is 0.375. The van der Waals surface area contributed by atoms with E-state index < -0.39 is 36.1 Å². The monoisotopic (exact) mass is 382 g/mol. The topological polar surface area (TPSA) is 131 Å². The van der Waals surface area contributed by atoms with Crippen LogP contribution in [0.15, 0.2) is 24.3 Å². The molecule has 1 saturated heterocycles. The first-order chi connectivity index (χ1) is 12.3. The molecule has 1 heterocycles. The van der Waals surface area contributed by atoms with Gasteiger partial charge in [0.05, 0.1) is 12.5 Å². The van der Waals surface area contributed by atoms with Gasteiger partial charge in [-0.05, 0) is 18.6 Å². The van der Waals surface area contributed by atoms with Crippen molar-refractivity contribution in [2.75, 3.05) is 13.1 Å². The third-order valence-electron chi connectivity index (χ3n) is 3.75. The Hall–Kier alpha value is -2.81. The summed E-state index contributed by atoms with van der Waals surface area (Å²) in [6.07, 6.45) is -1.43. The molecular formula is C16H19ClN4O5. The van der Waals surface area contributed by atoms with Crippen molar-refractivity contribution in [1.82, 2.24) is 15.5 Å². The molecule has 2 atom stereocenters. The number of carbonyl (C=O) groups is 4. The smallest absolute Gasteiger partial charge is 0.324 e. The van der Waals surface area contributed by atoms with Crippen molar-refractivity contribution in [3.63, 3.8) is 0 Å². The molecule has 0 aliphatic carbocycles. The maximum absolute atomic E-state index is 12.2. The third kappa shape index (κ3) is 4.85. The van der Waals surface area contributed by atoms with Gasteiger partial charge in [-0.2, -0.15) is 0 Å². The molecule has 9 nitrogen and oxygen atoms in total. The lowest BCUT2D eigenvalue weighted by atomic mass is 10.0. The van der Waals surface area contributed by atoms with Crippen LogP contribution in [-0.4, -0.2) is 48.0 Å². The van der Waals surface area contributed by atoms with E-state index in [1.165, 1.54) is 6.92 Å². The minimum atomic E-state index is -1.15. The molecule has 0 saturated carbocycles. The normalized spacial score (nSPS) is 15.8. The van der Waals surface area contributed by atoms with E-state index in [-0.39, 0.29) is 13.0 Å². The largest absolute Gasteiger partial charge is 0.452 e. The first kappa shape index (κ1) is 19.5. The summed E-state index contributed by atoms with van der Waals surface area (Å²) in [7, 11) is 0. The Balaban J connectivity index is 2.02. The zero-order valence-corrected chi connectivity index (χ0v) is 14.8. The van der Waals surface area contributed by atoms with Gasteiger partial charge in [0.15, 0.2) is 6.10 Å². The third-order valence-corrected chi connectivity index (χ3v) is 4.09. The first-order valence-electron chi connectivity index (χ1n) is 7.88. The van der Waals surface area contributed by atoms with Gasteiger partial charge >= 0.3 is 18.0 Å². The summed E-state index contributed by atoms with van der Waals surface area (Å²) in [5.74, 6) is -1.37. The Bertz CT molecular complexity index is 726. The molecule has 1 aliphatic heterocycles. The molecule has 0 aromatic heterocycles. The lowest BCUT2D eigenvalue weighted by Crippen LogP contribution is -2.42. The van der Waals surface area contributed by atoms with E-state index >= 15 is 0 Å². The number of amides is 5. The summed E-state index contributed by atoms with van der Waals surface area (Å²) in [5, 5.41) is 5.26. The second-order valence-corrected chi connectivity index (χ2v) is 6.05. The highest BCUT2D eigenvalue weighted by atomic mass is 35.5. The predicted molar refractivity (Wildman–Crippen MR) is 92.2 cm³/mol. The number of carbonyl (C=O) groups excluding carboxylic acids is 4. The molecule has 1 aromatic carbocycles. The Labute approximate surface area is 154 Å². The average molecular weight is 383 g/mol. The van der Waals surface area contributed by atoms with E-state index in [0.717, 1.165) is 4.90 Å². The molecule has 2 rings (SSSR count). The Morgan fingerprint density at radius 3 is 2.65 bits per heavy atom. The number of ether oxygens (including phenoxy) is 1. The van der Waals surface area contributed by atoms with Gasteiger partial charge in [0.25, 0.3) is 5.91 Å². The van der Waals surface area contributed by atoms with Crippen molar-refractivity contribution in [3.8, 4) is 0 Å².